The summed E-state index contributed by atoms with van der Waals surface area (Å²) in [5, 5.41) is 9.81. The molecule has 1 aromatic rings. The maximum absolute atomic E-state index is 14.0. The molecule has 1 heterocycles. The molecule has 0 radical (unpaired) electrons. The van der Waals surface area contributed by atoms with Gasteiger partial charge in [-0.25, -0.2) is 9.18 Å². The van der Waals surface area contributed by atoms with Crippen LogP contribution in [0.1, 0.15) is 42.1 Å². The fourth-order valence-corrected chi connectivity index (χ4v) is 2.66. The van der Waals surface area contributed by atoms with Crippen LogP contribution in [0.3, 0.4) is 0 Å². The molecular weight excluding hydrogens is 306 g/mol. The summed E-state index contributed by atoms with van der Waals surface area (Å²) in [6.45, 7) is 2.67. The van der Waals surface area contributed by atoms with Gasteiger partial charge >= 0.3 is 19.1 Å². The highest BCUT2D eigenvalue weighted by molar-refractivity contribution is 6.48. The van der Waals surface area contributed by atoms with Crippen molar-refractivity contribution < 1.29 is 33.1 Å². The van der Waals surface area contributed by atoms with E-state index in [0.29, 0.717) is 5.56 Å². The van der Waals surface area contributed by atoms with Crippen LogP contribution < -0.4 is 4.65 Å². The molecule has 1 aliphatic carbocycles. The van der Waals surface area contributed by atoms with E-state index >= 15 is 0 Å². The summed E-state index contributed by atoms with van der Waals surface area (Å²) in [7, 11) is -1.06. The maximum atomic E-state index is 14.0. The molecule has 0 aromatic heterocycles. The first kappa shape index (κ1) is 15.8. The second kappa shape index (κ2) is 5.84. The Labute approximate surface area is 132 Å². The van der Waals surface area contributed by atoms with E-state index in [0.717, 1.165) is 6.42 Å². The van der Waals surface area contributed by atoms with E-state index in [-0.39, 0.29) is 29.0 Å². The Morgan fingerprint density at radius 1 is 1.43 bits per heavy atom. The predicted octanol–water partition coefficient (Wildman–Crippen LogP) is 1.87. The summed E-state index contributed by atoms with van der Waals surface area (Å²) in [6, 6.07) is 2.72. The van der Waals surface area contributed by atoms with Crippen LogP contribution in [0.15, 0.2) is 12.1 Å². The van der Waals surface area contributed by atoms with Gasteiger partial charge in [-0.05, 0) is 24.0 Å². The molecule has 0 saturated heterocycles. The van der Waals surface area contributed by atoms with Gasteiger partial charge in [0.25, 0.3) is 0 Å². The fourth-order valence-electron chi connectivity index (χ4n) is 2.66. The third-order valence-electron chi connectivity index (χ3n) is 4.05. The number of hydrogen-bond donors (Lipinski definition) is 1. The molecule has 2 atom stereocenters. The van der Waals surface area contributed by atoms with Gasteiger partial charge in [-0.3, -0.25) is 4.79 Å². The normalized spacial score (nSPS) is 21.2. The Balaban J connectivity index is 1.76. The molecule has 0 bridgehead atoms. The molecule has 1 aliphatic heterocycles. The number of rotatable bonds is 4. The largest absolute Gasteiger partial charge is 0.535 e. The SMILES string of the molecule is CC(C)C(=O)OCOC(=O)c1c(F)ccc2c1OB(O)[C@@H]1C[C@H]21. The first-order valence-electron chi connectivity index (χ1n) is 7.41. The second-order valence-electron chi connectivity index (χ2n) is 6.02. The second-order valence-corrected chi connectivity index (χ2v) is 6.02. The minimum Gasteiger partial charge on any atom is -0.535 e. The summed E-state index contributed by atoms with van der Waals surface area (Å²) in [5.74, 6) is -2.63. The highest BCUT2D eigenvalue weighted by atomic mass is 19.1. The zero-order valence-electron chi connectivity index (χ0n) is 12.7. The molecule has 1 aromatic carbocycles. The van der Waals surface area contributed by atoms with Crippen molar-refractivity contribution in [3.05, 3.63) is 29.1 Å². The van der Waals surface area contributed by atoms with E-state index in [1.165, 1.54) is 6.07 Å². The fraction of sp³-hybridized carbons (Fsp3) is 0.467. The third-order valence-corrected chi connectivity index (χ3v) is 4.05. The van der Waals surface area contributed by atoms with Gasteiger partial charge in [0.2, 0.25) is 6.79 Å². The molecule has 0 amide bonds. The van der Waals surface area contributed by atoms with E-state index in [9.17, 15) is 19.0 Å². The van der Waals surface area contributed by atoms with E-state index in [4.69, 9.17) is 14.1 Å². The molecule has 1 fully saturated rings. The van der Waals surface area contributed by atoms with Gasteiger partial charge in [-0.1, -0.05) is 19.9 Å². The predicted molar refractivity (Wildman–Crippen MR) is 77.3 cm³/mol. The van der Waals surface area contributed by atoms with Crippen LogP contribution >= 0.6 is 0 Å². The van der Waals surface area contributed by atoms with E-state index in [1.54, 1.807) is 19.9 Å². The molecule has 8 heteroatoms. The summed E-state index contributed by atoms with van der Waals surface area (Å²) < 4.78 is 28.9. The van der Waals surface area contributed by atoms with Gasteiger partial charge in [-0.15, -0.1) is 0 Å². The molecule has 1 N–H and O–H groups in total. The number of ether oxygens (including phenoxy) is 2. The van der Waals surface area contributed by atoms with Crippen LogP contribution in [-0.4, -0.2) is 30.9 Å². The van der Waals surface area contributed by atoms with Crippen molar-refractivity contribution in [1.82, 2.24) is 0 Å². The van der Waals surface area contributed by atoms with Crippen molar-refractivity contribution in [1.29, 1.82) is 0 Å². The summed E-state index contributed by atoms with van der Waals surface area (Å²) in [5.41, 5.74) is 0.306. The quantitative estimate of drug-likeness (QED) is 0.518. The molecule has 2 aliphatic rings. The highest BCUT2D eigenvalue weighted by Crippen LogP contribution is 2.60. The third kappa shape index (κ3) is 2.90. The zero-order chi connectivity index (χ0) is 16.7. The highest BCUT2D eigenvalue weighted by Gasteiger charge is 2.54. The van der Waals surface area contributed by atoms with Gasteiger partial charge in [0.1, 0.15) is 17.1 Å². The Morgan fingerprint density at radius 3 is 2.87 bits per heavy atom. The molecule has 0 unspecified atom stereocenters. The lowest BCUT2D eigenvalue weighted by molar-refractivity contribution is -0.155. The summed E-state index contributed by atoms with van der Waals surface area (Å²) in [4.78, 5) is 23.4. The zero-order valence-corrected chi connectivity index (χ0v) is 12.7. The van der Waals surface area contributed by atoms with Crippen LogP contribution in [-0.2, 0) is 14.3 Å². The van der Waals surface area contributed by atoms with Gasteiger partial charge < -0.3 is 19.2 Å². The summed E-state index contributed by atoms with van der Waals surface area (Å²) >= 11 is 0. The standard InChI is InChI=1S/C15H16BFO6/c1-7(2)14(18)21-6-22-15(19)12-11(17)4-3-8-9-5-10(9)16(20)23-13(8)12/h3-4,7,9-10,20H,5-6H2,1-2H3/t9-,10-/m1/s1. The molecular formula is C15H16BFO6. The number of hydrogen-bond acceptors (Lipinski definition) is 6. The van der Waals surface area contributed by atoms with Crippen LogP contribution in [0.2, 0.25) is 5.82 Å². The Kier molecular flexibility index (Phi) is 4.01. The molecule has 0 spiro atoms. The van der Waals surface area contributed by atoms with E-state index in [2.05, 4.69) is 0 Å². The Bertz CT molecular complexity index is 662. The monoisotopic (exact) mass is 322 g/mol. The maximum Gasteiger partial charge on any atom is 0.526 e. The Morgan fingerprint density at radius 2 is 2.17 bits per heavy atom. The van der Waals surface area contributed by atoms with E-state index < -0.39 is 31.7 Å². The van der Waals surface area contributed by atoms with Crippen molar-refractivity contribution >= 4 is 19.1 Å². The lowest BCUT2D eigenvalue weighted by atomic mass is 9.77. The van der Waals surface area contributed by atoms with Crippen molar-refractivity contribution in [2.45, 2.75) is 32.0 Å². The molecule has 1 saturated carbocycles. The minimum absolute atomic E-state index is 0.0103. The first-order chi connectivity index (χ1) is 10.9. The number of carbonyl (C=O) groups is 2. The van der Waals surface area contributed by atoms with Gasteiger partial charge in [-0.2, -0.15) is 0 Å². The average molecular weight is 322 g/mol. The number of esters is 2. The average Bonchev–Trinajstić information content (AvgIpc) is 3.27. The van der Waals surface area contributed by atoms with Gasteiger partial charge in [0, 0.05) is 5.82 Å². The minimum atomic E-state index is -1.06. The topological polar surface area (TPSA) is 82.1 Å². The smallest absolute Gasteiger partial charge is 0.526 e. The van der Waals surface area contributed by atoms with Gasteiger partial charge in [0.15, 0.2) is 0 Å². The van der Waals surface area contributed by atoms with Crippen LogP contribution in [0, 0.1) is 11.7 Å². The number of fused-ring (bicyclic) bond motifs is 3. The van der Waals surface area contributed by atoms with Crippen LogP contribution in [0.4, 0.5) is 4.39 Å². The van der Waals surface area contributed by atoms with Crippen LogP contribution in [0.5, 0.6) is 5.75 Å². The molecule has 122 valence electrons. The van der Waals surface area contributed by atoms with Gasteiger partial charge in [0.05, 0.1) is 5.92 Å². The Hall–Kier alpha value is -2.09. The lowest BCUT2D eigenvalue weighted by Gasteiger charge is -2.21. The number of benzene rings is 1. The van der Waals surface area contributed by atoms with Crippen molar-refractivity contribution in [2.75, 3.05) is 6.79 Å². The number of carbonyl (C=O) groups excluding carboxylic acids is 2. The number of halogens is 1. The molecule has 6 nitrogen and oxygen atoms in total. The molecule has 3 rings (SSSR count). The van der Waals surface area contributed by atoms with Crippen LogP contribution in [0.25, 0.3) is 0 Å². The van der Waals surface area contributed by atoms with Crippen molar-refractivity contribution in [2.24, 2.45) is 5.92 Å². The van der Waals surface area contributed by atoms with E-state index in [1.807, 2.05) is 0 Å². The molecule has 23 heavy (non-hydrogen) atoms. The van der Waals surface area contributed by atoms with Crippen molar-refractivity contribution in [3.8, 4) is 5.75 Å². The van der Waals surface area contributed by atoms with Crippen molar-refractivity contribution in [3.63, 3.8) is 0 Å². The first-order valence-corrected chi connectivity index (χ1v) is 7.41. The summed E-state index contributed by atoms with van der Waals surface area (Å²) in [6.07, 6.45) is 0.736. The lowest BCUT2D eigenvalue weighted by Crippen LogP contribution is -2.28.